The van der Waals surface area contributed by atoms with Gasteiger partial charge in [-0.1, -0.05) is 34.4 Å². The molecule has 0 bridgehead atoms. The van der Waals surface area contributed by atoms with E-state index in [-0.39, 0.29) is 17.9 Å². The van der Waals surface area contributed by atoms with Gasteiger partial charge in [0, 0.05) is 6.07 Å². The van der Waals surface area contributed by atoms with Crippen molar-refractivity contribution in [3.05, 3.63) is 70.4 Å². The zero-order valence-corrected chi connectivity index (χ0v) is 20.0. The highest BCUT2D eigenvalue weighted by Crippen LogP contribution is 2.24. The predicted molar refractivity (Wildman–Crippen MR) is 129 cm³/mol. The number of ether oxygens (including phenoxy) is 2. The van der Waals surface area contributed by atoms with Crippen LogP contribution in [0.25, 0.3) is 0 Å². The Balaban J connectivity index is 2.51. The van der Waals surface area contributed by atoms with Gasteiger partial charge in [0.2, 0.25) is 0 Å². The fraction of sp³-hybridized carbons (Fsp3) is 0.444. The summed E-state index contributed by atoms with van der Waals surface area (Å²) in [7, 11) is 0. The number of aromatic hydroxyl groups is 1. The summed E-state index contributed by atoms with van der Waals surface area (Å²) in [5, 5.41) is 10.2. The Kier molecular flexibility index (Phi) is 12.1. The Labute approximate surface area is 188 Å². The Hall–Kier alpha value is -2.75. The largest absolute Gasteiger partial charge is 0.507 e. The third-order valence-electron chi connectivity index (χ3n) is 4.70. The number of rotatable bonds is 12. The van der Waals surface area contributed by atoms with E-state index < -0.39 is 5.97 Å². The third kappa shape index (κ3) is 11.9. The van der Waals surface area contributed by atoms with Crippen LogP contribution in [-0.4, -0.2) is 24.3 Å². The molecule has 1 N–H and O–H groups in total. The van der Waals surface area contributed by atoms with Gasteiger partial charge in [-0.2, -0.15) is 0 Å². The molecule has 0 amide bonds. The van der Waals surface area contributed by atoms with Crippen molar-refractivity contribution in [2.75, 3.05) is 13.2 Å². The van der Waals surface area contributed by atoms with Crippen LogP contribution in [0.3, 0.4) is 0 Å². The Morgan fingerprint density at radius 3 is 1.90 bits per heavy atom. The molecule has 0 fully saturated rings. The van der Waals surface area contributed by atoms with Gasteiger partial charge in [0.15, 0.2) is 0 Å². The number of carbonyl (C=O) groups is 1. The van der Waals surface area contributed by atoms with E-state index in [9.17, 15) is 9.90 Å². The lowest BCUT2D eigenvalue weighted by Gasteiger charge is -2.08. The standard InChI is InChI=1S/C27H38O4/c1-20(2)9-7-11-22(5)15-17-30-24-13-14-25(26(28)19-24)27(29)31-18-16-23(6)12-8-10-21(3)4/h9-10,13-16,19,28H,7-8,11-12,17-18H2,1-6H3/b22-15+,23-16+. The average molecular weight is 427 g/mol. The lowest BCUT2D eigenvalue weighted by Crippen LogP contribution is -2.06. The summed E-state index contributed by atoms with van der Waals surface area (Å²) in [4.78, 5) is 12.2. The summed E-state index contributed by atoms with van der Waals surface area (Å²) in [6, 6.07) is 4.65. The zero-order chi connectivity index (χ0) is 23.2. The average Bonchev–Trinajstić information content (AvgIpc) is 2.67. The van der Waals surface area contributed by atoms with E-state index >= 15 is 0 Å². The molecule has 0 heterocycles. The fourth-order valence-electron chi connectivity index (χ4n) is 2.77. The van der Waals surface area contributed by atoms with Gasteiger partial charge in [0.1, 0.15) is 30.3 Å². The van der Waals surface area contributed by atoms with Gasteiger partial charge in [-0.15, -0.1) is 0 Å². The Morgan fingerprint density at radius 2 is 1.39 bits per heavy atom. The number of carbonyl (C=O) groups excluding carboxylic acids is 1. The molecule has 4 heteroatoms. The number of phenolic OH excluding ortho intramolecular Hbond substituents is 1. The molecule has 1 aromatic carbocycles. The summed E-state index contributed by atoms with van der Waals surface area (Å²) >= 11 is 0. The van der Waals surface area contributed by atoms with Crippen LogP contribution in [0.2, 0.25) is 0 Å². The number of hydrogen-bond donors (Lipinski definition) is 1. The molecule has 31 heavy (non-hydrogen) atoms. The van der Waals surface area contributed by atoms with Crippen molar-refractivity contribution in [3.63, 3.8) is 0 Å². The quantitative estimate of drug-likeness (QED) is 0.281. The van der Waals surface area contributed by atoms with Gasteiger partial charge < -0.3 is 14.6 Å². The molecule has 4 nitrogen and oxygen atoms in total. The number of hydrogen-bond acceptors (Lipinski definition) is 4. The smallest absolute Gasteiger partial charge is 0.342 e. The Morgan fingerprint density at radius 1 is 0.839 bits per heavy atom. The van der Waals surface area contributed by atoms with Gasteiger partial charge in [-0.25, -0.2) is 4.79 Å². The molecule has 0 unspecified atom stereocenters. The number of phenols is 1. The second-order valence-electron chi connectivity index (χ2n) is 8.33. The first kappa shape index (κ1) is 26.3. The summed E-state index contributed by atoms with van der Waals surface area (Å²) in [5.74, 6) is -0.180. The van der Waals surface area contributed by atoms with Crippen molar-refractivity contribution in [2.45, 2.75) is 67.2 Å². The van der Waals surface area contributed by atoms with Crippen LogP contribution in [0.15, 0.2) is 64.8 Å². The minimum atomic E-state index is -0.549. The summed E-state index contributed by atoms with van der Waals surface area (Å²) in [6.45, 7) is 13.1. The second kappa shape index (κ2) is 14.3. The van der Waals surface area contributed by atoms with Crippen molar-refractivity contribution in [3.8, 4) is 11.5 Å². The van der Waals surface area contributed by atoms with Gasteiger partial charge in [-0.05, 0) is 91.5 Å². The van der Waals surface area contributed by atoms with Gasteiger partial charge in [0.25, 0.3) is 0 Å². The maximum atomic E-state index is 12.2. The van der Waals surface area contributed by atoms with E-state index in [1.165, 1.54) is 34.4 Å². The summed E-state index contributed by atoms with van der Waals surface area (Å²) < 4.78 is 10.9. The van der Waals surface area contributed by atoms with Crippen LogP contribution in [0.1, 0.15) is 77.6 Å². The lowest BCUT2D eigenvalue weighted by molar-refractivity contribution is 0.0545. The molecule has 1 rings (SSSR count). The second-order valence-corrected chi connectivity index (χ2v) is 8.33. The van der Waals surface area contributed by atoms with E-state index in [1.807, 2.05) is 19.1 Å². The molecule has 0 saturated carbocycles. The van der Waals surface area contributed by atoms with Crippen LogP contribution in [-0.2, 0) is 4.74 Å². The first-order valence-corrected chi connectivity index (χ1v) is 10.9. The first-order chi connectivity index (χ1) is 14.7. The van der Waals surface area contributed by atoms with Crippen molar-refractivity contribution in [1.82, 2.24) is 0 Å². The molecule has 0 atom stereocenters. The normalized spacial score (nSPS) is 11.7. The first-order valence-electron chi connectivity index (χ1n) is 10.9. The number of esters is 1. The number of benzene rings is 1. The van der Waals surface area contributed by atoms with E-state index in [4.69, 9.17) is 9.47 Å². The summed E-state index contributed by atoms with van der Waals surface area (Å²) in [6.07, 6.45) is 12.3. The molecule has 0 aliphatic heterocycles. The minimum absolute atomic E-state index is 0.136. The van der Waals surface area contributed by atoms with E-state index in [1.54, 1.807) is 6.07 Å². The highest BCUT2D eigenvalue weighted by molar-refractivity contribution is 5.92. The van der Waals surface area contributed by atoms with Crippen molar-refractivity contribution in [2.24, 2.45) is 0 Å². The van der Waals surface area contributed by atoms with Gasteiger partial charge >= 0.3 is 5.97 Å². The third-order valence-corrected chi connectivity index (χ3v) is 4.70. The van der Waals surface area contributed by atoms with E-state index in [2.05, 4.69) is 46.8 Å². The predicted octanol–water partition coefficient (Wildman–Crippen LogP) is 7.31. The SMILES string of the molecule is CC(C)=CCC/C(C)=C/COC(=O)c1ccc(OC/C=C(\C)CCC=C(C)C)cc1O. The molecule has 0 aliphatic carbocycles. The topological polar surface area (TPSA) is 55.8 Å². The molecule has 1 aromatic rings. The number of allylic oxidation sites excluding steroid dienone is 6. The molecule has 0 radical (unpaired) electrons. The lowest BCUT2D eigenvalue weighted by atomic mass is 10.1. The summed E-state index contributed by atoms with van der Waals surface area (Å²) in [5.41, 5.74) is 5.18. The highest BCUT2D eigenvalue weighted by Gasteiger charge is 2.13. The molecular weight excluding hydrogens is 388 g/mol. The molecule has 0 spiro atoms. The monoisotopic (exact) mass is 426 g/mol. The van der Waals surface area contributed by atoms with Crippen LogP contribution >= 0.6 is 0 Å². The molecule has 0 aliphatic rings. The van der Waals surface area contributed by atoms with Crippen LogP contribution in [0.5, 0.6) is 11.5 Å². The van der Waals surface area contributed by atoms with Gasteiger partial charge in [-0.3, -0.25) is 0 Å². The van der Waals surface area contributed by atoms with E-state index in [0.717, 1.165) is 25.7 Å². The van der Waals surface area contributed by atoms with Crippen molar-refractivity contribution < 1.29 is 19.4 Å². The molecule has 170 valence electrons. The zero-order valence-electron chi connectivity index (χ0n) is 20.0. The van der Waals surface area contributed by atoms with Gasteiger partial charge in [0.05, 0.1) is 0 Å². The molecule has 0 saturated heterocycles. The van der Waals surface area contributed by atoms with Crippen LogP contribution < -0.4 is 4.74 Å². The fourth-order valence-corrected chi connectivity index (χ4v) is 2.77. The van der Waals surface area contributed by atoms with Crippen molar-refractivity contribution >= 4 is 5.97 Å². The maximum absolute atomic E-state index is 12.2. The maximum Gasteiger partial charge on any atom is 0.342 e. The minimum Gasteiger partial charge on any atom is -0.507 e. The molecular formula is C27H38O4. The van der Waals surface area contributed by atoms with Crippen LogP contribution in [0.4, 0.5) is 0 Å². The molecule has 0 aromatic heterocycles. The van der Waals surface area contributed by atoms with Crippen LogP contribution in [0, 0.1) is 0 Å². The highest BCUT2D eigenvalue weighted by atomic mass is 16.5. The van der Waals surface area contributed by atoms with E-state index in [0.29, 0.717) is 12.4 Å². The Bertz CT molecular complexity index is 833. The van der Waals surface area contributed by atoms with Crippen molar-refractivity contribution in [1.29, 1.82) is 0 Å².